The molecule has 0 saturated heterocycles. The van der Waals surface area contributed by atoms with E-state index >= 15 is 0 Å². The zero-order chi connectivity index (χ0) is 25.2. The Morgan fingerprint density at radius 2 is 1.94 bits per heavy atom. The minimum atomic E-state index is -0.224. The Hall–Kier alpha value is -3.44. The fraction of sp³-hybridized carbons (Fsp3) is 0.520. The summed E-state index contributed by atoms with van der Waals surface area (Å²) in [5.41, 5.74) is 1.07. The van der Waals surface area contributed by atoms with E-state index in [0.29, 0.717) is 28.5 Å². The normalized spacial score (nSPS) is 23.8. The van der Waals surface area contributed by atoms with E-state index in [0.717, 1.165) is 38.5 Å². The average Bonchev–Trinajstić information content (AvgIpc) is 3.29. The highest BCUT2D eigenvalue weighted by molar-refractivity contribution is 6.00. The molecule has 3 aromatic heterocycles. The molecule has 0 bridgehead atoms. The fourth-order valence-corrected chi connectivity index (χ4v) is 5.11. The number of carbonyl (C=O) groups excluding carboxylic acids is 1. The SMILES string of the molecule is CNc1cc(Nc2cccn(C3CC(OC)C3)c2=O)nc2c(C(=O)N[C@@H]3CCC[C@@H](OC)C3)cnn12. The Kier molecular flexibility index (Phi) is 6.92. The highest BCUT2D eigenvalue weighted by Gasteiger charge is 2.31. The Morgan fingerprint density at radius 3 is 2.69 bits per heavy atom. The molecule has 0 aromatic carbocycles. The molecule has 2 aliphatic carbocycles. The molecule has 192 valence electrons. The van der Waals surface area contributed by atoms with Gasteiger partial charge in [-0.1, -0.05) is 0 Å². The summed E-state index contributed by atoms with van der Waals surface area (Å²) < 4.78 is 14.2. The summed E-state index contributed by atoms with van der Waals surface area (Å²) in [4.78, 5) is 31.0. The average molecular weight is 496 g/mol. The Labute approximate surface area is 209 Å². The van der Waals surface area contributed by atoms with Gasteiger partial charge < -0.3 is 30.0 Å². The molecule has 3 N–H and O–H groups in total. The highest BCUT2D eigenvalue weighted by Crippen LogP contribution is 2.33. The van der Waals surface area contributed by atoms with E-state index in [1.54, 1.807) is 48.7 Å². The highest BCUT2D eigenvalue weighted by atomic mass is 16.5. The van der Waals surface area contributed by atoms with Gasteiger partial charge in [-0.3, -0.25) is 9.59 Å². The lowest BCUT2D eigenvalue weighted by atomic mass is 9.89. The zero-order valence-corrected chi connectivity index (χ0v) is 20.9. The molecule has 0 spiro atoms. The molecule has 3 aromatic rings. The van der Waals surface area contributed by atoms with Gasteiger partial charge in [-0.25, -0.2) is 4.98 Å². The first-order valence-corrected chi connectivity index (χ1v) is 12.4. The van der Waals surface area contributed by atoms with Crippen molar-refractivity contribution in [2.24, 2.45) is 0 Å². The number of nitrogens with one attached hydrogen (secondary N) is 3. The number of aromatic nitrogens is 4. The second kappa shape index (κ2) is 10.3. The van der Waals surface area contributed by atoms with Gasteiger partial charge >= 0.3 is 0 Å². The molecule has 1 amide bonds. The van der Waals surface area contributed by atoms with Crippen molar-refractivity contribution in [2.75, 3.05) is 31.9 Å². The van der Waals surface area contributed by atoms with Gasteiger partial charge in [0.2, 0.25) is 0 Å². The standard InChI is InChI=1S/C25H33N7O4/c1-26-22-13-21(29-20-8-5-9-31(25(20)34)16-11-18(12-16)36-3)30-23-19(14-27-32(22)23)24(33)28-15-6-4-7-17(10-15)35-2/h5,8-9,13-18,26H,4,6-7,10-12H2,1-3H3,(H,28,33)(H,29,30)/t15-,16?,17-,18?/m1/s1. The van der Waals surface area contributed by atoms with E-state index in [9.17, 15) is 9.59 Å². The van der Waals surface area contributed by atoms with Gasteiger partial charge in [-0.15, -0.1) is 0 Å². The van der Waals surface area contributed by atoms with Gasteiger partial charge in [0.25, 0.3) is 11.5 Å². The number of rotatable bonds is 8. The predicted octanol–water partition coefficient (Wildman–Crippen LogP) is 2.71. The van der Waals surface area contributed by atoms with Crippen LogP contribution in [0.3, 0.4) is 0 Å². The second-order valence-corrected chi connectivity index (χ2v) is 9.51. The third-order valence-corrected chi connectivity index (χ3v) is 7.30. The first kappa shape index (κ1) is 24.3. The van der Waals surface area contributed by atoms with Crippen LogP contribution in [0.2, 0.25) is 0 Å². The molecule has 11 heteroatoms. The monoisotopic (exact) mass is 495 g/mol. The topological polar surface area (TPSA) is 124 Å². The third-order valence-electron chi connectivity index (χ3n) is 7.30. The molecule has 2 saturated carbocycles. The maximum atomic E-state index is 13.2. The summed E-state index contributed by atoms with van der Waals surface area (Å²) in [6.07, 6.45) is 9.04. The number of nitrogens with zero attached hydrogens (tertiary/aromatic N) is 4. The minimum Gasteiger partial charge on any atom is -0.381 e. The lowest BCUT2D eigenvalue weighted by Crippen LogP contribution is -2.40. The van der Waals surface area contributed by atoms with Crippen molar-refractivity contribution in [1.29, 1.82) is 0 Å². The number of hydrogen-bond donors (Lipinski definition) is 3. The molecular formula is C25H33N7O4. The summed E-state index contributed by atoms with van der Waals surface area (Å²) in [7, 11) is 5.17. The van der Waals surface area contributed by atoms with Crippen molar-refractivity contribution in [2.45, 2.75) is 62.8 Å². The van der Waals surface area contributed by atoms with Crippen LogP contribution in [0.5, 0.6) is 0 Å². The maximum absolute atomic E-state index is 13.2. The van der Waals surface area contributed by atoms with Crippen LogP contribution in [0, 0.1) is 0 Å². The van der Waals surface area contributed by atoms with Crippen molar-refractivity contribution in [1.82, 2.24) is 24.5 Å². The number of carbonyl (C=O) groups is 1. The Balaban J connectivity index is 1.40. The zero-order valence-electron chi connectivity index (χ0n) is 20.9. The summed E-state index contributed by atoms with van der Waals surface area (Å²) >= 11 is 0. The second-order valence-electron chi connectivity index (χ2n) is 9.51. The number of methoxy groups -OCH3 is 2. The molecule has 3 heterocycles. The quantitative estimate of drug-likeness (QED) is 0.436. The van der Waals surface area contributed by atoms with Gasteiger partial charge in [0.05, 0.1) is 18.4 Å². The van der Waals surface area contributed by atoms with E-state index in [1.807, 2.05) is 6.07 Å². The number of hydrogen-bond acceptors (Lipinski definition) is 8. The van der Waals surface area contributed by atoms with Crippen LogP contribution in [-0.4, -0.2) is 64.6 Å². The van der Waals surface area contributed by atoms with Gasteiger partial charge in [0.1, 0.15) is 22.9 Å². The molecule has 11 nitrogen and oxygen atoms in total. The van der Waals surface area contributed by atoms with Gasteiger partial charge in [0, 0.05) is 45.6 Å². The molecule has 0 radical (unpaired) electrons. The summed E-state index contributed by atoms with van der Waals surface area (Å²) in [6, 6.07) is 5.50. The third kappa shape index (κ3) is 4.68. The van der Waals surface area contributed by atoms with Crippen LogP contribution in [0.15, 0.2) is 35.4 Å². The van der Waals surface area contributed by atoms with Crippen LogP contribution < -0.4 is 21.5 Å². The molecule has 2 atom stereocenters. The van der Waals surface area contributed by atoms with Crippen molar-refractivity contribution in [3.63, 3.8) is 0 Å². The lowest BCUT2D eigenvalue weighted by Gasteiger charge is -2.35. The molecule has 2 aliphatic rings. The Bertz CT molecular complexity index is 1300. The van der Waals surface area contributed by atoms with Crippen molar-refractivity contribution < 1.29 is 14.3 Å². The van der Waals surface area contributed by atoms with Gasteiger partial charge in [0.15, 0.2) is 5.65 Å². The molecule has 0 aliphatic heterocycles. The number of ether oxygens (including phenoxy) is 2. The van der Waals surface area contributed by atoms with Crippen LogP contribution in [-0.2, 0) is 9.47 Å². The van der Waals surface area contributed by atoms with Gasteiger partial charge in [-0.2, -0.15) is 9.61 Å². The predicted molar refractivity (Wildman–Crippen MR) is 136 cm³/mol. The van der Waals surface area contributed by atoms with Crippen LogP contribution in [0.25, 0.3) is 5.65 Å². The van der Waals surface area contributed by atoms with Crippen LogP contribution in [0.1, 0.15) is 54.9 Å². The van der Waals surface area contributed by atoms with E-state index in [4.69, 9.17) is 9.47 Å². The smallest absolute Gasteiger partial charge is 0.274 e. The molecular weight excluding hydrogens is 462 g/mol. The van der Waals surface area contributed by atoms with E-state index in [2.05, 4.69) is 26.0 Å². The molecule has 0 unspecified atom stereocenters. The summed E-state index contributed by atoms with van der Waals surface area (Å²) in [5.74, 6) is 0.854. The lowest BCUT2D eigenvalue weighted by molar-refractivity contribution is 0.00522. The van der Waals surface area contributed by atoms with E-state index < -0.39 is 0 Å². The Morgan fingerprint density at radius 1 is 1.14 bits per heavy atom. The van der Waals surface area contributed by atoms with Crippen molar-refractivity contribution in [3.8, 4) is 0 Å². The fourth-order valence-electron chi connectivity index (χ4n) is 5.11. The van der Waals surface area contributed by atoms with Gasteiger partial charge in [-0.05, 0) is 50.7 Å². The van der Waals surface area contributed by atoms with E-state index in [-0.39, 0.29) is 35.8 Å². The molecule has 5 rings (SSSR count). The first-order valence-electron chi connectivity index (χ1n) is 12.4. The number of amides is 1. The van der Waals surface area contributed by atoms with Crippen LogP contribution >= 0.6 is 0 Å². The van der Waals surface area contributed by atoms with E-state index in [1.165, 1.54) is 6.20 Å². The number of anilines is 3. The first-order chi connectivity index (χ1) is 17.5. The molecule has 36 heavy (non-hydrogen) atoms. The number of fused-ring (bicyclic) bond motifs is 1. The maximum Gasteiger partial charge on any atom is 0.274 e. The summed E-state index contributed by atoms with van der Waals surface area (Å²) in [5, 5.41) is 13.7. The molecule has 2 fully saturated rings. The number of pyridine rings is 1. The largest absolute Gasteiger partial charge is 0.381 e. The van der Waals surface area contributed by atoms with Crippen LogP contribution in [0.4, 0.5) is 17.3 Å². The minimum absolute atomic E-state index is 0.0447. The van der Waals surface area contributed by atoms with Crippen molar-refractivity contribution >= 4 is 28.9 Å². The van der Waals surface area contributed by atoms with Crippen molar-refractivity contribution in [3.05, 3.63) is 46.5 Å². The summed E-state index contributed by atoms with van der Waals surface area (Å²) in [6.45, 7) is 0.